The molecule has 0 aliphatic carbocycles. The number of carbonyl (C=O) groups excluding carboxylic acids is 1. The molecular weight excluding hydrogens is 499 g/mol. The van der Waals surface area contributed by atoms with E-state index in [0.717, 1.165) is 0 Å². The van der Waals surface area contributed by atoms with Crippen LogP contribution < -0.4 is 20.1 Å². The number of hydrogen-bond acceptors (Lipinski definition) is 7. The second-order valence-electron chi connectivity index (χ2n) is 6.32. The van der Waals surface area contributed by atoms with Gasteiger partial charge in [-0.25, -0.2) is 8.42 Å². The first-order chi connectivity index (χ1) is 15.1. The number of ether oxygens (including phenoxy) is 1. The topological polar surface area (TPSA) is 123 Å². The number of anilines is 2. The van der Waals surface area contributed by atoms with E-state index in [4.69, 9.17) is 44.7 Å². The Kier molecular flexibility index (Phi) is 7.56. The number of aryl methyl sites for hydroxylation is 1. The number of hydrogen-bond donors (Lipinski definition) is 3. The van der Waals surface area contributed by atoms with E-state index in [0.29, 0.717) is 22.2 Å². The summed E-state index contributed by atoms with van der Waals surface area (Å²) in [6.45, 7) is 1.32. The Labute approximate surface area is 199 Å². The van der Waals surface area contributed by atoms with Crippen LogP contribution in [0.1, 0.15) is 5.76 Å². The van der Waals surface area contributed by atoms with E-state index < -0.39 is 15.9 Å². The van der Waals surface area contributed by atoms with E-state index in [2.05, 4.69) is 20.5 Å². The molecule has 0 saturated heterocycles. The van der Waals surface area contributed by atoms with E-state index in [9.17, 15) is 13.2 Å². The van der Waals surface area contributed by atoms with Crippen LogP contribution in [0.3, 0.4) is 0 Å². The Morgan fingerprint density at radius 1 is 1.16 bits per heavy atom. The van der Waals surface area contributed by atoms with Crippen molar-refractivity contribution in [2.24, 2.45) is 0 Å². The van der Waals surface area contributed by atoms with Gasteiger partial charge in [0.15, 0.2) is 17.5 Å². The fourth-order valence-corrected chi connectivity index (χ4v) is 4.07. The summed E-state index contributed by atoms with van der Waals surface area (Å²) in [6, 6.07) is 11.8. The minimum Gasteiger partial charge on any atom is -0.482 e. The number of rotatable bonds is 7. The molecule has 0 saturated carbocycles. The minimum absolute atomic E-state index is 0.00639. The molecule has 0 unspecified atom stereocenters. The first-order valence-corrected chi connectivity index (χ1v) is 11.5. The number of amides is 1. The lowest BCUT2D eigenvalue weighted by molar-refractivity contribution is -0.121. The molecule has 1 amide bonds. The van der Waals surface area contributed by atoms with Crippen molar-refractivity contribution in [2.75, 3.05) is 16.6 Å². The predicted molar refractivity (Wildman–Crippen MR) is 125 cm³/mol. The van der Waals surface area contributed by atoms with Gasteiger partial charge in [-0.15, -0.1) is 0 Å². The Morgan fingerprint density at radius 2 is 1.88 bits per heavy atom. The van der Waals surface area contributed by atoms with Crippen LogP contribution in [0.2, 0.25) is 10.0 Å². The minimum atomic E-state index is -3.84. The molecular formula is C19H16Cl2N4O5S2. The Morgan fingerprint density at radius 3 is 2.50 bits per heavy atom. The molecule has 2 aromatic carbocycles. The zero-order valence-corrected chi connectivity index (χ0v) is 19.5. The fraction of sp³-hybridized carbons (Fsp3) is 0.105. The van der Waals surface area contributed by atoms with Gasteiger partial charge in [-0.1, -0.05) is 28.4 Å². The molecule has 0 bridgehead atoms. The van der Waals surface area contributed by atoms with Crippen molar-refractivity contribution in [1.82, 2.24) is 10.5 Å². The van der Waals surface area contributed by atoms with Gasteiger partial charge in [0.2, 0.25) is 0 Å². The lowest BCUT2D eigenvalue weighted by Crippen LogP contribution is -2.37. The maximum absolute atomic E-state index is 12.4. The molecule has 32 heavy (non-hydrogen) atoms. The molecule has 1 aromatic heterocycles. The quantitative estimate of drug-likeness (QED) is 0.404. The monoisotopic (exact) mass is 514 g/mol. The maximum Gasteiger partial charge on any atom is 0.264 e. The summed E-state index contributed by atoms with van der Waals surface area (Å²) in [7, 11) is -3.84. The molecule has 0 atom stereocenters. The van der Waals surface area contributed by atoms with Crippen molar-refractivity contribution in [2.45, 2.75) is 11.8 Å². The van der Waals surface area contributed by atoms with Gasteiger partial charge in [-0.05, 0) is 61.6 Å². The third kappa shape index (κ3) is 6.57. The summed E-state index contributed by atoms with van der Waals surface area (Å²) in [5, 5.41) is 9.55. The predicted octanol–water partition coefficient (Wildman–Crippen LogP) is 3.98. The Bertz CT molecular complexity index is 1250. The molecule has 168 valence electrons. The van der Waals surface area contributed by atoms with E-state index in [-0.39, 0.29) is 27.5 Å². The maximum atomic E-state index is 12.4. The lowest BCUT2D eigenvalue weighted by Gasteiger charge is -2.12. The standard InChI is InChI=1S/C19H16Cl2N4O5S2/c1-11-8-17(24-30-11)25-32(27,28)14-5-3-13(4-6-14)22-19(31)23-18(26)10-29-16-7-2-12(20)9-15(16)21/h2-9H,10H2,1H3,(H,24,25)(H2,22,23,26,31). The highest BCUT2D eigenvalue weighted by atomic mass is 35.5. The number of sulfonamides is 1. The molecule has 0 spiro atoms. The highest BCUT2D eigenvalue weighted by Crippen LogP contribution is 2.27. The van der Waals surface area contributed by atoms with Gasteiger partial charge in [0.1, 0.15) is 11.5 Å². The highest BCUT2D eigenvalue weighted by molar-refractivity contribution is 7.92. The third-order valence-corrected chi connectivity index (χ3v) is 5.90. The van der Waals surface area contributed by atoms with E-state index in [1.165, 1.54) is 36.4 Å². The average molecular weight is 515 g/mol. The first-order valence-electron chi connectivity index (χ1n) is 8.87. The average Bonchev–Trinajstić information content (AvgIpc) is 3.11. The van der Waals surface area contributed by atoms with Crippen molar-refractivity contribution >= 4 is 68.0 Å². The van der Waals surface area contributed by atoms with Crippen molar-refractivity contribution < 1.29 is 22.5 Å². The number of thiocarbonyl (C=S) groups is 1. The van der Waals surface area contributed by atoms with Gasteiger partial charge in [-0.2, -0.15) is 0 Å². The van der Waals surface area contributed by atoms with Crippen LogP contribution in [0.15, 0.2) is 57.9 Å². The van der Waals surface area contributed by atoms with Gasteiger partial charge >= 0.3 is 0 Å². The molecule has 0 fully saturated rings. The van der Waals surface area contributed by atoms with Crippen LogP contribution in [0.4, 0.5) is 11.5 Å². The molecule has 0 radical (unpaired) electrons. The van der Waals surface area contributed by atoms with Crippen molar-refractivity contribution in [3.05, 3.63) is 64.3 Å². The summed E-state index contributed by atoms with van der Waals surface area (Å²) in [6.07, 6.45) is 0. The van der Waals surface area contributed by atoms with Crippen molar-refractivity contribution in [1.29, 1.82) is 0 Å². The highest BCUT2D eigenvalue weighted by Gasteiger charge is 2.16. The Balaban J connectivity index is 1.52. The number of aromatic nitrogens is 1. The third-order valence-electron chi connectivity index (χ3n) is 3.80. The van der Waals surface area contributed by atoms with Crippen LogP contribution in [0.25, 0.3) is 0 Å². The van der Waals surface area contributed by atoms with Gasteiger partial charge in [0.25, 0.3) is 15.9 Å². The van der Waals surface area contributed by atoms with Crippen LogP contribution in [-0.2, 0) is 14.8 Å². The van der Waals surface area contributed by atoms with Crippen LogP contribution in [0, 0.1) is 6.92 Å². The van der Waals surface area contributed by atoms with Crippen LogP contribution in [-0.4, -0.2) is 31.2 Å². The zero-order valence-electron chi connectivity index (χ0n) is 16.4. The summed E-state index contributed by atoms with van der Waals surface area (Å²) >= 11 is 16.9. The van der Waals surface area contributed by atoms with Gasteiger partial charge < -0.3 is 14.6 Å². The molecule has 3 aromatic rings. The lowest BCUT2D eigenvalue weighted by atomic mass is 10.3. The largest absolute Gasteiger partial charge is 0.482 e. The summed E-state index contributed by atoms with van der Waals surface area (Å²) in [4.78, 5) is 12.0. The number of nitrogens with one attached hydrogen (secondary N) is 3. The molecule has 3 rings (SSSR count). The number of nitrogens with zero attached hydrogens (tertiary/aromatic N) is 1. The fourth-order valence-electron chi connectivity index (χ4n) is 2.39. The van der Waals surface area contributed by atoms with Crippen LogP contribution >= 0.6 is 35.4 Å². The van der Waals surface area contributed by atoms with Crippen molar-refractivity contribution in [3.8, 4) is 5.75 Å². The summed E-state index contributed by atoms with van der Waals surface area (Å²) < 4.78 is 37.3. The van der Waals surface area contributed by atoms with Gasteiger partial charge in [-0.3, -0.25) is 14.8 Å². The van der Waals surface area contributed by atoms with Crippen molar-refractivity contribution in [3.63, 3.8) is 0 Å². The molecule has 3 N–H and O–H groups in total. The first kappa shape index (κ1) is 23.8. The molecule has 9 nitrogen and oxygen atoms in total. The zero-order chi connectivity index (χ0) is 23.3. The molecule has 0 aliphatic rings. The second kappa shape index (κ2) is 10.2. The molecule has 0 aliphatic heterocycles. The van der Waals surface area contributed by atoms with Crippen LogP contribution in [0.5, 0.6) is 5.75 Å². The van der Waals surface area contributed by atoms with Gasteiger partial charge in [0.05, 0.1) is 9.92 Å². The number of carbonyl (C=O) groups is 1. The number of halogens is 2. The SMILES string of the molecule is Cc1cc(NS(=O)(=O)c2ccc(NC(=S)NC(=O)COc3ccc(Cl)cc3Cl)cc2)no1. The summed E-state index contributed by atoms with van der Waals surface area (Å²) in [5.74, 6) is 0.339. The van der Waals surface area contributed by atoms with E-state index >= 15 is 0 Å². The number of benzene rings is 2. The smallest absolute Gasteiger partial charge is 0.264 e. The molecule has 13 heteroatoms. The summed E-state index contributed by atoms with van der Waals surface area (Å²) in [5.41, 5.74) is 0.466. The normalized spacial score (nSPS) is 11.0. The second-order valence-corrected chi connectivity index (χ2v) is 9.25. The van der Waals surface area contributed by atoms with E-state index in [1.54, 1.807) is 19.1 Å². The van der Waals surface area contributed by atoms with E-state index in [1.807, 2.05) is 0 Å². The Hall–Kier alpha value is -2.86. The van der Waals surface area contributed by atoms with Gasteiger partial charge in [0, 0.05) is 16.8 Å². The molecule has 1 heterocycles.